The van der Waals surface area contributed by atoms with E-state index in [-0.39, 0.29) is 18.4 Å². The van der Waals surface area contributed by atoms with Crippen molar-refractivity contribution in [3.63, 3.8) is 0 Å². The molecule has 0 unspecified atom stereocenters. The van der Waals surface area contributed by atoms with Crippen molar-refractivity contribution >= 4 is 11.8 Å². The number of amides is 2. The van der Waals surface area contributed by atoms with Crippen molar-refractivity contribution in [3.8, 4) is 0 Å². The molecular weight excluding hydrogens is 264 g/mol. The Morgan fingerprint density at radius 1 is 0.905 bits per heavy atom. The molecular formula is C17H18N2O2. The molecule has 4 heteroatoms. The van der Waals surface area contributed by atoms with E-state index in [1.165, 1.54) is 5.56 Å². The van der Waals surface area contributed by atoms with E-state index < -0.39 is 0 Å². The molecule has 0 spiro atoms. The second-order valence-electron chi connectivity index (χ2n) is 4.81. The molecule has 21 heavy (non-hydrogen) atoms. The van der Waals surface area contributed by atoms with Crippen LogP contribution < -0.4 is 10.6 Å². The van der Waals surface area contributed by atoms with Crippen LogP contribution in [0.15, 0.2) is 54.6 Å². The maximum atomic E-state index is 11.8. The molecule has 2 aromatic carbocycles. The number of carbonyl (C=O) groups is 2. The van der Waals surface area contributed by atoms with Gasteiger partial charge in [-0.25, -0.2) is 0 Å². The maximum Gasteiger partial charge on any atom is 0.251 e. The standard InChI is InChI=1S/C17H18N2O2/c1-13-7-9-14(10-8-13)11-18-16(20)12-19-17(21)15-5-3-2-4-6-15/h2-10H,11-12H2,1H3,(H,18,20)(H,19,21). The van der Waals surface area contributed by atoms with Gasteiger partial charge in [0.05, 0.1) is 6.54 Å². The molecule has 0 fully saturated rings. The van der Waals surface area contributed by atoms with Crippen LogP contribution in [0, 0.1) is 6.92 Å². The summed E-state index contributed by atoms with van der Waals surface area (Å²) in [7, 11) is 0. The zero-order valence-corrected chi connectivity index (χ0v) is 11.9. The number of benzene rings is 2. The van der Waals surface area contributed by atoms with Crippen LogP contribution in [0.4, 0.5) is 0 Å². The highest BCUT2D eigenvalue weighted by Crippen LogP contribution is 2.02. The maximum absolute atomic E-state index is 11.8. The Hall–Kier alpha value is -2.62. The van der Waals surface area contributed by atoms with E-state index >= 15 is 0 Å². The second-order valence-corrected chi connectivity index (χ2v) is 4.81. The zero-order chi connectivity index (χ0) is 15.1. The number of nitrogens with one attached hydrogen (secondary N) is 2. The van der Waals surface area contributed by atoms with Gasteiger partial charge >= 0.3 is 0 Å². The number of carbonyl (C=O) groups excluding carboxylic acids is 2. The summed E-state index contributed by atoms with van der Waals surface area (Å²) in [6.45, 7) is 2.45. The van der Waals surface area contributed by atoms with E-state index in [0.717, 1.165) is 5.56 Å². The lowest BCUT2D eigenvalue weighted by molar-refractivity contribution is -0.120. The molecule has 0 radical (unpaired) electrons. The fourth-order valence-corrected chi connectivity index (χ4v) is 1.82. The molecule has 4 nitrogen and oxygen atoms in total. The average molecular weight is 282 g/mol. The minimum Gasteiger partial charge on any atom is -0.350 e. The predicted molar refractivity (Wildman–Crippen MR) is 81.8 cm³/mol. The quantitative estimate of drug-likeness (QED) is 0.881. The number of aryl methyl sites for hydroxylation is 1. The smallest absolute Gasteiger partial charge is 0.251 e. The molecule has 0 saturated carbocycles. The Labute approximate surface area is 124 Å². The molecule has 0 aliphatic rings. The summed E-state index contributed by atoms with van der Waals surface area (Å²) in [5, 5.41) is 5.36. The Kier molecular flexibility index (Phi) is 5.10. The van der Waals surface area contributed by atoms with Crippen molar-refractivity contribution in [1.29, 1.82) is 0 Å². The van der Waals surface area contributed by atoms with Crippen LogP contribution in [-0.4, -0.2) is 18.4 Å². The lowest BCUT2D eigenvalue weighted by atomic mass is 10.1. The Balaban J connectivity index is 1.75. The first-order valence-electron chi connectivity index (χ1n) is 6.80. The number of rotatable bonds is 5. The third-order valence-electron chi connectivity index (χ3n) is 3.06. The van der Waals surface area contributed by atoms with Gasteiger partial charge in [0.1, 0.15) is 0 Å². The average Bonchev–Trinajstić information content (AvgIpc) is 2.53. The van der Waals surface area contributed by atoms with Crippen molar-refractivity contribution in [2.45, 2.75) is 13.5 Å². The molecule has 0 atom stereocenters. The van der Waals surface area contributed by atoms with Crippen LogP contribution in [0.1, 0.15) is 21.5 Å². The largest absolute Gasteiger partial charge is 0.350 e. The first-order valence-corrected chi connectivity index (χ1v) is 6.80. The topological polar surface area (TPSA) is 58.2 Å². The molecule has 0 saturated heterocycles. The van der Waals surface area contributed by atoms with Crippen LogP contribution in [0.3, 0.4) is 0 Å². The minimum absolute atomic E-state index is 0.0282. The number of hydrogen-bond donors (Lipinski definition) is 2. The normalized spacial score (nSPS) is 9.95. The van der Waals surface area contributed by atoms with E-state index in [9.17, 15) is 9.59 Å². The van der Waals surface area contributed by atoms with Crippen molar-refractivity contribution in [2.75, 3.05) is 6.54 Å². The van der Waals surface area contributed by atoms with E-state index in [1.54, 1.807) is 24.3 Å². The highest BCUT2D eigenvalue weighted by Gasteiger charge is 2.07. The van der Waals surface area contributed by atoms with Gasteiger partial charge in [-0.1, -0.05) is 48.0 Å². The van der Waals surface area contributed by atoms with E-state index in [2.05, 4.69) is 10.6 Å². The molecule has 0 aromatic heterocycles. The summed E-state index contributed by atoms with van der Waals surface area (Å²) in [4.78, 5) is 23.5. The summed E-state index contributed by atoms with van der Waals surface area (Å²) in [6, 6.07) is 16.8. The zero-order valence-electron chi connectivity index (χ0n) is 11.9. The lowest BCUT2D eigenvalue weighted by Crippen LogP contribution is -2.36. The van der Waals surface area contributed by atoms with Gasteiger partial charge in [-0.15, -0.1) is 0 Å². The van der Waals surface area contributed by atoms with Gasteiger partial charge in [0.2, 0.25) is 5.91 Å². The molecule has 2 amide bonds. The molecule has 0 aliphatic heterocycles. The van der Waals surface area contributed by atoms with Crippen molar-refractivity contribution in [2.24, 2.45) is 0 Å². The summed E-state index contributed by atoms with van der Waals surface area (Å²) < 4.78 is 0. The van der Waals surface area contributed by atoms with E-state index in [1.807, 2.05) is 37.3 Å². The van der Waals surface area contributed by atoms with Gasteiger partial charge in [0.15, 0.2) is 0 Å². The van der Waals surface area contributed by atoms with Crippen LogP contribution in [-0.2, 0) is 11.3 Å². The fraction of sp³-hybridized carbons (Fsp3) is 0.176. The van der Waals surface area contributed by atoms with Gasteiger partial charge in [-0.2, -0.15) is 0 Å². The van der Waals surface area contributed by atoms with Gasteiger partial charge in [0, 0.05) is 12.1 Å². The van der Waals surface area contributed by atoms with Crippen molar-refractivity contribution in [3.05, 3.63) is 71.3 Å². The molecule has 2 rings (SSSR count). The molecule has 108 valence electrons. The molecule has 2 aromatic rings. The van der Waals surface area contributed by atoms with Crippen LogP contribution in [0.2, 0.25) is 0 Å². The van der Waals surface area contributed by atoms with Gasteiger partial charge in [-0.3, -0.25) is 9.59 Å². The van der Waals surface area contributed by atoms with Gasteiger partial charge < -0.3 is 10.6 Å². The first kappa shape index (κ1) is 14.8. The third kappa shape index (κ3) is 4.76. The SMILES string of the molecule is Cc1ccc(CNC(=O)CNC(=O)c2ccccc2)cc1. The van der Waals surface area contributed by atoms with E-state index in [4.69, 9.17) is 0 Å². The second kappa shape index (κ2) is 7.24. The Morgan fingerprint density at radius 2 is 1.57 bits per heavy atom. The molecule has 0 aliphatic carbocycles. The minimum atomic E-state index is -0.249. The summed E-state index contributed by atoms with van der Waals surface area (Å²) in [5.41, 5.74) is 2.76. The van der Waals surface area contributed by atoms with Gasteiger partial charge in [-0.05, 0) is 24.6 Å². The highest BCUT2D eigenvalue weighted by atomic mass is 16.2. The Morgan fingerprint density at radius 3 is 2.24 bits per heavy atom. The van der Waals surface area contributed by atoms with E-state index in [0.29, 0.717) is 12.1 Å². The van der Waals surface area contributed by atoms with Crippen molar-refractivity contribution < 1.29 is 9.59 Å². The predicted octanol–water partition coefficient (Wildman–Crippen LogP) is 2.04. The summed E-state index contributed by atoms with van der Waals surface area (Å²) in [5.74, 6) is -0.457. The summed E-state index contributed by atoms with van der Waals surface area (Å²) >= 11 is 0. The molecule has 0 heterocycles. The summed E-state index contributed by atoms with van der Waals surface area (Å²) in [6.07, 6.45) is 0. The lowest BCUT2D eigenvalue weighted by Gasteiger charge is -2.07. The van der Waals surface area contributed by atoms with Crippen LogP contribution >= 0.6 is 0 Å². The number of hydrogen-bond acceptors (Lipinski definition) is 2. The third-order valence-corrected chi connectivity index (χ3v) is 3.06. The molecule has 0 bridgehead atoms. The Bertz CT molecular complexity index is 606. The first-order chi connectivity index (χ1) is 10.1. The highest BCUT2D eigenvalue weighted by molar-refractivity contribution is 5.96. The van der Waals surface area contributed by atoms with Crippen LogP contribution in [0.25, 0.3) is 0 Å². The van der Waals surface area contributed by atoms with Crippen LogP contribution in [0.5, 0.6) is 0 Å². The van der Waals surface area contributed by atoms with Crippen molar-refractivity contribution in [1.82, 2.24) is 10.6 Å². The molecule has 2 N–H and O–H groups in total. The fourth-order valence-electron chi connectivity index (χ4n) is 1.82. The monoisotopic (exact) mass is 282 g/mol. The van der Waals surface area contributed by atoms with Gasteiger partial charge in [0.25, 0.3) is 5.91 Å².